The number of ether oxygens (including phenoxy) is 1. The maximum atomic E-state index is 10.8. The fourth-order valence-corrected chi connectivity index (χ4v) is 2.57. The molecule has 0 atom stereocenters. The zero-order chi connectivity index (χ0) is 13.9. The van der Waals surface area contributed by atoms with Gasteiger partial charge in [-0.05, 0) is 24.3 Å². The Morgan fingerprint density at radius 2 is 2.05 bits per heavy atom. The van der Waals surface area contributed by atoms with E-state index in [9.17, 15) is 4.79 Å². The third-order valence-electron chi connectivity index (χ3n) is 3.43. The van der Waals surface area contributed by atoms with Crippen LogP contribution in [-0.4, -0.2) is 19.4 Å². The first-order valence-electron chi connectivity index (χ1n) is 6.48. The highest BCUT2D eigenvalue weighted by Crippen LogP contribution is 2.28. The molecule has 2 aromatic carbocycles. The summed E-state index contributed by atoms with van der Waals surface area (Å²) in [6.07, 6.45) is 0.771. The van der Waals surface area contributed by atoms with Gasteiger partial charge in [0.1, 0.15) is 12.4 Å². The van der Waals surface area contributed by atoms with E-state index in [-0.39, 0.29) is 0 Å². The number of aldehydes is 1. The number of nitrogens with zero attached hydrogens (tertiary/aromatic N) is 1. The molecule has 20 heavy (non-hydrogen) atoms. The molecule has 3 nitrogen and oxygen atoms in total. The summed E-state index contributed by atoms with van der Waals surface area (Å²) >= 11 is 6.10. The molecule has 1 aliphatic rings. The van der Waals surface area contributed by atoms with Gasteiger partial charge in [0.25, 0.3) is 0 Å². The molecule has 0 unspecified atom stereocenters. The van der Waals surface area contributed by atoms with Crippen LogP contribution in [0.25, 0.3) is 0 Å². The third-order valence-corrected chi connectivity index (χ3v) is 3.76. The first-order valence-corrected chi connectivity index (χ1v) is 6.86. The molecule has 0 saturated carbocycles. The molecule has 0 aliphatic carbocycles. The summed E-state index contributed by atoms with van der Waals surface area (Å²) < 4.78 is 5.74. The minimum atomic E-state index is 0.482. The SMILES string of the molecule is O=Cc1ccc(N2CCOc3ccccc3C2)cc1Cl. The van der Waals surface area contributed by atoms with Gasteiger partial charge in [0.15, 0.2) is 6.29 Å². The number of halogens is 1. The lowest BCUT2D eigenvalue weighted by atomic mass is 10.1. The average molecular weight is 288 g/mol. The highest BCUT2D eigenvalue weighted by atomic mass is 35.5. The summed E-state index contributed by atoms with van der Waals surface area (Å²) in [7, 11) is 0. The van der Waals surface area contributed by atoms with Crippen molar-refractivity contribution in [2.24, 2.45) is 0 Å². The van der Waals surface area contributed by atoms with Crippen molar-refractivity contribution in [3.8, 4) is 5.75 Å². The summed E-state index contributed by atoms with van der Waals surface area (Å²) in [4.78, 5) is 13.0. The van der Waals surface area contributed by atoms with Crippen LogP contribution in [0.2, 0.25) is 5.02 Å². The molecule has 1 aliphatic heterocycles. The van der Waals surface area contributed by atoms with Gasteiger partial charge in [0.05, 0.1) is 11.6 Å². The van der Waals surface area contributed by atoms with Crippen LogP contribution in [-0.2, 0) is 6.54 Å². The van der Waals surface area contributed by atoms with Crippen molar-refractivity contribution in [2.75, 3.05) is 18.1 Å². The lowest BCUT2D eigenvalue weighted by molar-refractivity contribution is 0.112. The summed E-state index contributed by atoms with van der Waals surface area (Å²) in [5.74, 6) is 0.936. The normalized spacial score (nSPS) is 14.2. The van der Waals surface area contributed by atoms with Crippen LogP contribution >= 0.6 is 11.6 Å². The first kappa shape index (κ1) is 13.0. The van der Waals surface area contributed by atoms with Crippen molar-refractivity contribution >= 4 is 23.6 Å². The van der Waals surface area contributed by atoms with Crippen molar-refractivity contribution in [1.82, 2.24) is 0 Å². The van der Waals surface area contributed by atoms with E-state index in [1.165, 1.54) is 0 Å². The molecule has 0 aromatic heterocycles. The van der Waals surface area contributed by atoms with E-state index < -0.39 is 0 Å². The van der Waals surface area contributed by atoms with Gasteiger partial charge in [0, 0.05) is 23.4 Å². The number of anilines is 1. The number of carbonyl (C=O) groups is 1. The van der Waals surface area contributed by atoms with E-state index in [2.05, 4.69) is 11.0 Å². The number of rotatable bonds is 2. The monoisotopic (exact) mass is 287 g/mol. The van der Waals surface area contributed by atoms with Gasteiger partial charge in [-0.3, -0.25) is 4.79 Å². The zero-order valence-corrected chi connectivity index (χ0v) is 11.6. The lowest BCUT2D eigenvalue weighted by Crippen LogP contribution is -2.25. The summed E-state index contributed by atoms with van der Waals surface area (Å²) in [5, 5.41) is 0.482. The van der Waals surface area contributed by atoms with Gasteiger partial charge in [-0.25, -0.2) is 0 Å². The van der Waals surface area contributed by atoms with Crippen molar-refractivity contribution in [2.45, 2.75) is 6.54 Å². The number of hydrogen-bond donors (Lipinski definition) is 0. The second-order valence-corrected chi connectivity index (χ2v) is 5.11. The first-order chi connectivity index (χ1) is 9.78. The Kier molecular flexibility index (Phi) is 3.61. The highest BCUT2D eigenvalue weighted by molar-refractivity contribution is 6.33. The molecule has 0 amide bonds. The van der Waals surface area contributed by atoms with Crippen LogP contribution in [0.5, 0.6) is 5.75 Å². The van der Waals surface area contributed by atoms with Crippen LogP contribution in [0.1, 0.15) is 15.9 Å². The van der Waals surface area contributed by atoms with E-state index in [4.69, 9.17) is 16.3 Å². The van der Waals surface area contributed by atoms with Crippen LogP contribution in [0.4, 0.5) is 5.69 Å². The second-order valence-electron chi connectivity index (χ2n) is 4.70. The summed E-state index contributed by atoms with van der Waals surface area (Å²) in [5.41, 5.74) is 2.67. The Morgan fingerprint density at radius 1 is 1.20 bits per heavy atom. The zero-order valence-electron chi connectivity index (χ0n) is 10.9. The van der Waals surface area contributed by atoms with Gasteiger partial charge in [0.2, 0.25) is 0 Å². The molecule has 4 heteroatoms. The van der Waals surface area contributed by atoms with Crippen LogP contribution in [0.15, 0.2) is 42.5 Å². The predicted molar refractivity (Wildman–Crippen MR) is 79.8 cm³/mol. The average Bonchev–Trinajstić information content (AvgIpc) is 2.69. The molecular weight excluding hydrogens is 274 g/mol. The minimum Gasteiger partial charge on any atom is -0.491 e. The van der Waals surface area contributed by atoms with Crippen molar-refractivity contribution in [1.29, 1.82) is 0 Å². The van der Waals surface area contributed by atoms with Gasteiger partial charge < -0.3 is 9.64 Å². The third kappa shape index (κ3) is 2.49. The fourth-order valence-electron chi connectivity index (χ4n) is 2.35. The number of carbonyl (C=O) groups excluding carboxylic acids is 1. The van der Waals surface area contributed by atoms with Crippen LogP contribution in [0.3, 0.4) is 0 Å². The molecule has 3 rings (SSSR count). The van der Waals surface area contributed by atoms with E-state index in [1.54, 1.807) is 6.07 Å². The molecule has 0 saturated heterocycles. The molecule has 1 heterocycles. The van der Waals surface area contributed by atoms with Crippen molar-refractivity contribution in [3.63, 3.8) is 0 Å². The van der Waals surface area contributed by atoms with Gasteiger partial charge in [-0.2, -0.15) is 0 Å². The summed E-state index contributed by atoms with van der Waals surface area (Å²) in [6, 6.07) is 13.5. The minimum absolute atomic E-state index is 0.482. The van der Waals surface area contributed by atoms with Crippen LogP contribution in [0, 0.1) is 0 Å². The molecule has 0 bridgehead atoms. The van der Waals surface area contributed by atoms with Gasteiger partial charge >= 0.3 is 0 Å². The van der Waals surface area contributed by atoms with E-state index >= 15 is 0 Å². The molecule has 102 valence electrons. The Balaban J connectivity index is 1.91. The fraction of sp³-hybridized carbons (Fsp3) is 0.188. The van der Waals surface area contributed by atoms with Crippen molar-refractivity contribution < 1.29 is 9.53 Å². The Labute approximate surface area is 122 Å². The maximum Gasteiger partial charge on any atom is 0.151 e. The largest absolute Gasteiger partial charge is 0.491 e. The number of benzene rings is 2. The summed E-state index contributed by atoms with van der Waals surface area (Å²) in [6.45, 7) is 2.18. The Hall–Kier alpha value is -2.00. The molecular formula is C16H14ClNO2. The smallest absolute Gasteiger partial charge is 0.151 e. The highest BCUT2D eigenvalue weighted by Gasteiger charge is 2.16. The van der Waals surface area contributed by atoms with Crippen LogP contribution < -0.4 is 9.64 Å². The second kappa shape index (κ2) is 5.55. The van der Waals surface area contributed by atoms with Crippen molar-refractivity contribution in [3.05, 3.63) is 58.6 Å². The standard InChI is InChI=1S/C16H14ClNO2/c17-15-9-14(6-5-13(15)11-19)18-7-8-20-16-4-2-1-3-12(16)10-18/h1-6,9,11H,7-8,10H2. The molecule has 0 radical (unpaired) electrons. The molecule has 0 N–H and O–H groups in total. The van der Waals surface area contributed by atoms with Gasteiger partial charge in [-0.15, -0.1) is 0 Å². The molecule has 2 aromatic rings. The van der Waals surface area contributed by atoms with E-state index in [0.717, 1.165) is 36.4 Å². The van der Waals surface area contributed by atoms with Gasteiger partial charge in [-0.1, -0.05) is 29.8 Å². The number of fused-ring (bicyclic) bond motifs is 1. The van der Waals surface area contributed by atoms with E-state index in [1.807, 2.05) is 30.3 Å². The lowest BCUT2D eigenvalue weighted by Gasteiger charge is -2.22. The topological polar surface area (TPSA) is 29.5 Å². The quantitative estimate of drug-likeness (QED) is 0.791. The molecule has 0 spiro atoms. The number of para-hydroxylation sites is 1. The number of hydrogen-bond acceptors (Lipinski definition) is 3. The van der Waals surface area contributed by atoms with E-state index in [0.29, 0.717) is 17.2 Å². The predicted octanol–water partition coefficient (Wildman–Crippen LogP) is 3.55. The maximum absolute atomic E-state index is 10.8. The Morgan fingerprint density at radius 3 is 2.85 bits per heavy atom. The molecule has 0 fully saturated rings. The Bertz CT molecular complexity index is 642.